The van der Waals surface area contributed by atoms with Crippen molar-refractivity contribution in [3.8, 4) is 5.75 Å². The van der Waals surface area contributed by atoms with Crippen molar-refractivity contribution in [2.45, 2.75) is 24.8 Å². The minimum absolute atomic E-state index is 0.0698. The standard InChI is InChI=1S/C30H25NO4S/c1-19-26(15-20-7-12-24(13-8-20)36(2)34)25-14-11-23(16-28(25)27(19)17-30(32)33)35-18-22-10-9-21-5-3-4-6-29(21)31-22/h3-16H,17-18H2,1-2H3,(H,32,33). The Bertz CT molecular complexity index is 1570. The van der Waals surface area contributed by atoms with Crippen LogP contribution in [0.15, 0.2) is 89.3 Å². The molecule has 1 aromatic heterocycles. The van der Waals surface area contributed by atoms with Crippen molar-refractivity contribution in [3.05, 3.63) is 107 Å². The molecule has 0 amide bonds. The second kappa shape index (κ2) is 9.91. The third-order valence-electron chi connectivity index (χ3n) is 6.36. The molecule has 0 saturated carbocycles. The normalized spacial score (nSPS) is 14.8. The predicted molar refractivity (Wildman–Crippen MR) is 144 cm³/mol. The van der Waals surface area contributed by atoms with Gasteiger partial charge in [0.25, 0.3) is 0 Å². The number of carboxylic acid groups (broad SMARTS) is 1. The molecule has 1 heterocycles. The Labute approximate surface area is 212 Å². The van der Waals surface area contributed by atoms with Crippen molar-refractivity contribution < 1.29 is 18.8 Å². The first-order valence-corrected chi connectivity index (χ1v) is 13.1. The van der Waals surface area contributed by atoms with E-state index in [4.69, 9.17) is 4.74 Å². The first kappa shape index (κ1) is 23.7. The fraction of sp³-hybridized carbons (Fsp3) is 0.133. The molecule has 3 aromatic carbocycles. The van der Waals surface area contributed by atoms with Gasteiger partial charge < -0.3 is 9.84 Å². The maximum Gasteiger partial charge on any atom is 0.307 e. The zero-order valence-corrected chi connectivity index (χ0v) is 20.8. The third kappa shape index (κ3) is 4.86. The van der Waals surface area contributed by atoms with Gasteiger partial charge in [-0.2, -0.15) is 0 Å². The number of para-hydroxylation sites is 1. The second-order valence-electron chi connectivity index (χ2n) is 8.75. The topological polar surface area (TPSA) is 76.5 Å². The highest BCUT2D eigenvalue weighted by atomic mass is 32.2. The number of rotatable bonds is 7. The van der Waals surface area contributed by atoms with Crippen LogP contribution in [0.5, 0.6) is 5.75 Å². The number of pyridine rings is 1. The van der Waals surface area contributed by atoms with Crippen LogP contribution in [0.3, 0.4) is 0 Å². The van der Waals surface area contributed by atoms with Crippen molar-refractivity contribution >= 4 is 44.9 Å². The number of aliphatic carboxylic acids is 1. The van der Waals surface area contributed by atoms with E-state index in [0.717, 1.165) is 54.9 Å². The van der Waals surface area contributed by atoms with E-state index in [1.54, 1.807) is 6.26 Å². The summed E-state index contributed by atoms with van der Waals surface area (Å²) in [6.45, 7) is 2.27. The lowest BCUT2D eigenvalue weighted by atomic mass is 10.0. The molecule has 0 aliphatic heterocycles. The van der Waals surface area contributed by atoms with E-state index in [-0.39, 0.29) is 6.42 Å². The van der Waals surface area contributed by atoms with E-state index >= 15 is 0 Å². The second-order valence-corrected chi connectivity index (χ2v) is 10.1. The number of nitrogens with zero attached hydrogens (tertiary/aromatic N) is 1. The van der Waals surface area contributed by atoms with Crippen LogP contribution in [0, 0.1) is 0 Å². The number of carbonyl (C=O) groups is 1. The lowest BCUT2D eigenvalue weighted by Crippen LogP contribution is -2.00. The average molecular weight is 496 g/mol. The van der Waals surface area contributed by atoms with E-state index in [2.05, 4.69) is 4.98 Å². The first-order valence-electron chi connectivity index (χ1n) is 11.6. The highest BCUT2D eigenvalue weighted by molar-refractivity contribution is 7.84. The van der Waals surface area contributed by atoms with E-state index < -0.39 is 16.8 Å². The van der Waals surface area contributed by atoms with Crippen LogP contribution in [0.2, 0.25) is 0 Å². The van der Waals surface area contributed by atoms with Crippen molar-refractivity contribution in [2.24, 2.45) is 0 Å². The molecule has 1 aliphatic carbocycles. The fourth-order valence-corrected chi connectivity index (χ4v) is 5.02. The molecule has 1 atom stereocenters. The Balaban J connectivity index is 1.45. The van der Waals surface area contributed by atoms with E-state index in [1.807, 2.05) is 91.9 Å². The van der Waals surface area contributed by atoms with Crippen LogP contribution >= 0.6 is 0 Å². The zero-order chi connectivity index (χ0) is 25.2. The monoisotopic (exact) mass is 495 g/mol. The Morgan fingerprint density at radius 3 is 2.53 bits per heavy atom. The molecule has 0 radical (unpaired) electrons. The smallest absolute Gasteiger partial charge is 0.307 e. The van der Waals surface area contributed by atoms with Crippen molar-refractivity contribution in [2.75, 3.05) is 6.26 Å². The lowest BCUT2D eigenvalue weighted by Gasteiger charge is -2.10. The molecule has 1 aliphatic rings. The van der Waals surface area contributed by atoms with Crippen molar-refractivity contribution in [1.82, 2.24) is 4.98 Å². The molecule has 36 heavy (non-hydrogen) atoms. The van der Waals surface area contributed by atoms with Gasteiger partial charge in [-0.05, 0) is 82.8 Å². The lowest BCUT2D eigenvalue weighted by molar-refractivity contribution is -0.135. The van der Waals surface area contributed by atoms with Gasteiger partial charge in [0.2, 0.25) is 0 Å². The number of carboxylic acids is 1. The van der Waals surface area contributed by atoms with Crippen LogP contribution < -0.4 is 4.74 Å². The molecule has 5 rings (SSSR count). The van der Waals surface area contributed by atoms with Gasteiger partial charge in [-0.3, -0.25) is 9.00 Å². The summed E-state index contributed by atoms with van der Waals surface area (Å²) in [6, 6.07) is 25.3. The zero-order valence-electron chi connectivity index (χ0n) is 20.0. The molecule has 6 heteroatoms. The van der Waals surface area contributed by atoms with Crippen LogP contribution in [0.4, 0.5) is 0 Å². The molecule has 0 bridgehead atoms. The number of ether oxygens (including phenoxy) is 1. The number of benzene rings is 3. The van der Waals surface area contributed by atoms with Gasteiger partial charge in [0, 0.05) is 27.3 Å². The molecule has 0 saturated heterocycles. The Hall–Kier alpha value is -4.03. The molecule has 0 spiro atoms. The molecule has 4 aromatic rings. The van der Waals surface area contributed by atoms with Crippen molar-refractivity contribution in [1.29, 1.82) is 0 Å². The first-order chi connectivity index (χ1) is 17.4. The molecule has 1 N–H and O–H groups in total. The maximum atomic E-state index is 11.7. The highest BCUT2D eigenvalue weighted by Crippen LogP contribution is 2.45. The predicted octanol–water partition coefficient (Wildman–Crippen LogP) is 6.35. The minimum atomic E-state index is -1.04. The van der Waals surface area contributed by atoms with Crippen LogP contribution in [-0.4, -0.2) is 26.5 Å². The largest absolute Gasteiger partial charge is 0.487 e. The number of allylic oxidation sites excluding steroid dienone is 2. The van der Waals surface area contributed by atoms with Crippen LogP contribution in [0.25, 0.3) is 28.1 Å². The minimum Gasteiger partial charge on any atom is -0.487 e. The number of hydrogen-bond acceptors (Lipinski definition) is 4. The summed E-state index contributed by atoms with van der Waals surface area (Å²) >= 11 is 0. The SMILES string of the molecule is CC1=C(CC(=O)O)c2cc(OCc3ccc4ccccc4n3)ccc2C1=Cc1ccc(S(C)=O)cc1. The quantitative estimate of drug-likeness (QED) is 0.323. The number of hydrogen-bond donors (Lipinski definition) is 1. The summed E-state index contributed by atoms with van der Waals surface area (Å²) in [5.41, 5.74) is 7.25. The Morgan fingerprint density at radius 1 is 1.00 bits per heavy atom. The van der Waals surface area contributed by atoms with Gasteiger partial charge in [0.15, 0.2) is 0 Å². The molecular formula is C30H25NO4S. The summed E-state index contributed by atoms with van der Waals surface area (Å²) in [7, 11) is -1.04. The molecule has 180 valence electrons. The fourth-order valence-electron chi connectivity index (χ4n) is 4.50. The van der Waals surface area contributed by atoms with Gasteiger partial charge in [0.05, 0.1) is 17.6 Å². The summed E-state index contributed by atoms with van der Waals surface area (Å²) in [6.07, 6.45) is 3.63. The summed E-state index contributed by atoms with van der Waals surface area (Å²) < 4.78 is 17.8. The van der Waals surface area contributed by atoms with Gasteiger partial charge in [-0.15, -0.1) is 0 Å². The van der Waals surface area contributed by atoms with Gasteiger partial charge in [-0.25, -0.2) is 4.98 Å². The summed E-state index contributed by atoms with van der Waals surface area (Å²) in [5, 5.41) is 10.6. The maximum absolute atomic E-state index is 11.7. The third-order valence-corrected chi connectivity index (χ3v) is 7.29. The van der Waals surface area contributed by atoms with Crippen LogP contribution in [0.1, 0.15) is 35.7 Å². The number of aromatic nitrogens is 1. The number of fused-ring (bicyclic) bond motifs is 2. The van der Waals surface area contributed by atoms with Gasteiger partial charge in [-0.1, -0.05) is 42.5 Å². The van der Waals surface area contributed by atoms with E-state index in [1.165, 1.54) is 0 Å². The van der Waals surface area contributed by atoms with Crippen LogP contribution in [-0.2, 0) is 22.2 Å². The average Bonchev–Trinajstić information content (AvgIpc) is 3.12. The molecule has 0 fully saturated rings. The molecular weight excluding hydrogens is 470 g/mol. The summed E-state index contributed by atoms with van der Waals surface area (Å²) in [5.74, 6) is -0.214. The molecule has 5 nitrogen and oxygen atoms in total. The Kier molecular flexibility index (Phi) is 6.53. The highest BCUT2D eigenvalue weighted by Gasteiger charge is 2.25. The van der Waals surface area contributed by atoms with Gasteiger partial charge >= 0.3 is 5.97 Å². The van der Waals surface area contributed by atoms with Gasteiger partial charge in [0.1, 0.15) is 12.4 Å². The summed E-state index contributed by atoms with van der Waals surface area (Å²) in [4.78, 5) is 17.1. The van der Waals surface area contributed by atoms with E-state index in [9.17, 15) is 14.1 Å². The van der Waals surface area contributed by atoms with Crippen molar-refractivity contribution in [3.63, 3.8) is 0 Å². The molecule has 1 unspecified atom stereocenters. The Morgan fingerprint density at radius 2 is 1.78 bits per heavy atom. The van der Waals surface area contributed by atoms with E-state index in [0.29, 0.717) is 12.4 Å².